The summed E-state index contributed by atoms with van der Waals surface area (Å²) in [5.41, 5.74) is -0.421. The van der Waals surface area contributed by atoms with Crippen molar-refractivity contribution in [3.8, 4) is 0 Å². The molecule has 0 aliphatic carbocycles. The van der Waals surface area contributed by atoms with Gasteiger partial charge in [0.1, 0.15) is 6.61 Å². The molecular formula is C11H16O3S. The molecule has 1 aromatic rings. The van der Waals surface area contributed by atoms with Crippen LogP contribution in [0.25, 0.3) is 0 Å². The molecule has 0 radical (unpaired) electrons. The fraction of sp³-hybridized carbons (Fsp3) is 0.545. The van der Waals surface area contributed by atoms with Crippen LogP contribution in [0.5, 0.6) is 0 Å². The van der Waals surface area contributed by atoms with Crippen LogP contribution < -0.4 is 0 Å². The maximum Gasteiger partial charge on any atom is 0.191 e. The lowest BCUT2D eigenvalue weighted by Gasteiger charge is -2.17. The fourth-order valence-electron chi connectivity index (χ4n) is 0.885. The first-order valence-electron chi connectivity index (χ1n) is 4.77. The Hall–Kier alpha value is -0.710. The largest absolute Gasteiger partial charge is 0.364 e. The molecule has 84 valence electrons. The van der Waals surface area contributed by atoms with E-state index >= 15 is 0 Å². The van der Waals surface area contributed by atoms with E-state index in [4.69, 9.17) is 4.74 Å². The van der Waals surface area contributed by atoms with Gasteiger partial charge < -0.3 is 9.84 Å². The van der Waals surface area contributed by atoms with E-state index in [1.54, 1.807) is 6.07 Å². The Balaban J connectivity index is 2.42. The molecule has 0 saturated heterocycles. The summed E-state index contributed by atoms with van der Waals surface area (Å²) in [6.45, 7) is 5.44. The minimum atomic E-state index is -0.990. The number of rotatable bonds is 4. The summed E-state index contributed by atoms with van der Waals surface area (Å²) in [7, 11) is 0. The lowest BCUT2D eigenvalue weighted by molar-refractivity contribution is -0.146. The third-order valence-electron chi connectivity index (χ3n) is 2.00. The van der Waals surface area contributed by atoms with Crippen molar-refractivity contribution in [2.75, 3.05) is 6.61 Å². The molecule has 3 nitrogen and oxygen atoms in total. The Kier molecular flexibility index (Phi) is 4.02. The van der Waals surface area contributed by atoms with Gasteiger partial charge in [-0.05, 0) is 11.4 Å². The van der Waals surface area contributed by atoms with E-state index in [1.165, 1.54) is 11.3 Å². The van der Waals surface area contributed by atoms with Gasteiger partial charge in [0, 0.05) is 5.41 Å². The maximum absolute atomic E-state index is 11.5. The highest BCUT2D eigenvalue weighted by atomic mass is 32.1. The first-order valence-corrected chi connectivity index (χ1v) is 5.65. The van der Waals surface area contributed by atoms with Gasteiger partial charge in [0.05, 0.1) is 4.88 Å². The molecule has 0 amide bonds. The maximum atomic E-state index is 11.5. The smallest absolute Gasteiger partial charge is 0.191 e. The van der Waals surface area contributed by atoms with Gasteiger partial charge in [0.2, 0.25) is 0 Å². The summed E-state index contributed by atoms with van der Waals surface area (Å²) in [4.78, 5) is 12.2. The molecule has 0 saturated carbocycles. The normalized spacial score (nSPS) is 13.9. The number of ketones is 1. The third kappa shape index (κ3) is 3.74. The van der Waals surface area contributed by atoms with Crippen LogP contribution in [0.15, 0.2) is 17.5 Å². The Bertz CT molecular complexity index is 311. The summed E-state index contributed by atoms with van der Waals surface area (Å²) >= 11 is 1.40. The van der Waals surface area contributed by atoms with E-state index in [0.29, 0.717) is 0 Å². The predicted molar refractivity (Wildman–Crippen MR) is 59.7 cm³/mol. The average Bonchev–Trinajstić information content (AvgIpc) is 2.64. The van der Waals surface area contributed by atoms with Crippen molar-refractivity contribution in [1.29, 1.82) is 0 Å². The minimum absolute atomic E-state index is 0.0156. The Morgan fingerprint density at radius 2 is 2.27 bits per heavy atom. The van der Waals surface area contributed by atoms with Crippen molar-refractivity contribution in [1.82, 2.24) is 0 Å². The zero-order chi connectivity index (χ0) is 11.5. The molecule has 1 atom stereocenters. The molecule has 0 fully saturated rings. The number of carbonyl (C=O) groups excluding carboxylic acids is 1. The first-order chi connectivity index (χ1) is 6.91. The van der Waals surface area contributed by atoms with Crippen LogP contribution in [0.2, 0.25) is 0 Å². The second-order valence-electron chi connectivity index (χ2n) is 4.35. The molecule has 0 spiro atoms. The molecule has 0 aromatic carbocycles. The van der Waals surface area contributed by atoms with Crippen LogP contribution in [0.1, 0.15) is 31.9 Å². The van der Waals surface area contributed by atoms with Gasteiger partial charge in [0.15, 0.2) is 12.1 Å². The number of aliphatic hydroxyl groups excluding tert-OH is 1. The highest BCUT2D eigenvalue weighted by Gasteiger charge is 2.22. The molecule has 1 rings (SSSR count). The zero-order valence-electron chi connectivity index (χ0n) is 9.19. The fourth-order valence-corrected chi connectivity index (χ4v) is 1.54. The molecule has 1 heterocycles. The highest BCUT2D eigenvalue weighted by Crippen LogP contribution is 2.21. The van der Waals surface area contributed by atoms with Gasteiger partial charge in [-0.3, -0.25) is 4.79 Å². The third-order valence-corrected chi connectivity index (χ3v) is 2.90. The van der Waals surface area contributed by atoms with Crippen LogP contribution in [-0.2, 0) is 9.53 Å². The average molecular weight is 228 g/mol. The molecular weight excluding hydrogens is 212 g/mol. The Morgan fingerprint density at radius 3 is 2.73 bits per heavy atom. The summed E-state index contributed by atoms with van der Waals surface area (Å²) in [6.07, 6.45) is -0.990. The monoisotopic (exact) mass is 228 g/mol. The molecule has 0 aliphatic heterocycles. The zero-order valence-corrected chi connectivity index (χ0v) is 10.0. The number of thiophene rings is 1. The lowest BCUT2D eigenvalue weighted by atomic mass is 9.91. The second-order valence-corrected chi connectivity index (χ2v) is 5.33. The van der Waals surface area contributed by atoms with E-state index in [0.717, 1.165) is 4.88 Å². The number of hydrogen-bond donors (Lipinski definition) is 1. The van der Waals surface area contributed by atoms with Gasteiger partial charge in [-0.2, -0.15) is 0 Å². The number of Topliss-reactive ketones (excluding diaryl/α,β-unsaturated/α-hetero) is 1. The van der Waals surface area contributed by atoms with E-state index in [9.17, 15) is 9.90 Å². The van der Waals surface area contributed by atoms with Crippen molar-refractivity contribution in [3.05, 3.63) is 22.4 Å². The van der Waals surface area contributed by atoms with E-state index in [2.05, 4.69) is 0 Å². The highest BCUT2D eigenvalue weighted by molar-refractivity contribution is 7.09. The summed E-state index contributed by atoms with van der Waals surface area (Å²) in [6, 6.07) is 3.61. The lowest BCUT2D eigenvalue weighted by Crippen LogP contribution is -2.25. The van der Waals surface area contributed by atoms with Crippen LogP contribution in [-0.4, -0.2) is 17.5 Å². The summed E-state index contributed by atoms with van der Waals surface area (Å²) in [5.74, 6) is -0.0156. The molecule has 0 bridgehead atoms. The van der Waals surface area contributed by atoms with E-state index in [1.807, 2.05) is 32.2 Å². The molecule has 1 aromatic heterocycles. The Labute approximate surface area is 93.7 Å². The number of hydrogen-bond acceptors (Lipinski definition) is 4. The molecule has 4 heteroatoms. The second kappa shape index (κ2) is 4.88. The topological polar surface area (TPSA) is 46.5 Å². The van der Waals surface area contributed by atoms with Gasteiger partial charge in [0.25, 0.3) is 0 Å². The Morgan fingerprint density at radius 1 is 1.60 bits per heavy atom. The van der Waals surface area contributed by atoms with Crippen molar-refractivity contribution >= 4 is 17.1 Å². The van der Waals surface area contributed by atoms with Gasteiger partial charge in [-0.1, -0.05) is 26.8 Å². The standard InChI is InChI=1S/C11H16O3S/c1-11(2,3)9(12)7-14-10(13)8-5-4-6-15-8/h4-6,10,13H,7H2,1-3H3/t10-/m0/s1. The van der Waals surface area contributed by atoms with Crippen molar-refractivity contribution in [2.24, 2.45) is 5.41 Å². The first kappa shape index (κ1) is 12.4. The minimum Gasteiger partial charge on any atom is -0.364 e. The van der Waals surface area contributed by atoms with Gasteiger partial charge in [-0.15, -0.1) is 11.3 Å². The van der Waals surface area contributed by atoms with E-state index < -0.39 is 11.7 Å². The van der Waals surface area contributed by atoms with Crippen LogP contribution in [0, 0.1) is 5.41 Å². The van der Waals surface area contributed by atoms with Crippen molar-refractivity contribution in [3.63, 3.8) is 0 Å². The summed E-state index contributed by atoms with van der Waals surface area (Å²) < 4.78 is 5.09. The quantitative estimate of drug-likeness (QED) is 0.805. The van der Waals surface area contributed by atoms with Crippen LogP contribution in [0.4, 0.5) is 0 Å². The SMILES string of the molecule is CC(C)(C)C(=O)CO[C@H](O)c1cccs1. The molecule has 0 aliphatic rings. The van der Waals surface area contributed by atoms with Gasteiger partial charge in [-0.25, -0.2) is 0 Å². The predicted octanol–water partition coefficient (Wildman–Crippen LogP) is 2.37. The number of carbonyl (C=O) groups is 1. The molecule has 1 N–H and O–H groups in total. The van der Waals surface area contributed by atoms with Crippen molar-refractivity contribution < 1.29 is 14.6 Å². The van der Waals surface area contributed by atoms with E-state index in [-0.39, 0.29) is 12.4 Å². The number of ether oxygens (including phenoxy) is 1. The van der Waals surface area contributed by atoms with Crippen LogP contribution in [0.3, 0.4) is 0 Å². The molecule has 0 unspecified atom stereocenters. The number of aliphatic hydroxyl groups is 1. The summed E-state index contributed by atoms with van der Waals surface area (Å²) in [5, 5.41) is 11.4. The molecule has 15 heavy (non-hydrogen) atoms. The van der Waals surface area contributed by atoms with Crippen LogP contribution >= 0.6 is 11.3 Å². The van der Waals surface area contributed by atoms with Gasteiger partial charge >= 0.3 is 0 Å². The van der Waals surface area contributed by atoms with Crippen molar-refractivity contribution in [2.45, 2.75) is 27.1 Å².